The lowest BCUT2D eigenvalue weighted by atomic mass is 9.80. The van der Waals surface area contributed by atoms with Crippen molar-refractivity contribution in [1.82, 2.24) is 5.32 Å². The molecule has 0 radical (unpaired) electrons. The van der Waals surface area contributed by atoms with Crippen LogP contribution in [0.1, 0.15) is 26.7 Å². The van der Waals surface area contributed by atoms with Crippen molar-refractivity contribution in [2.24, 2.45) is 16.3 Å². The predicted molar refractivity (Wildman–Crippen MR) is 67.9 cm³/mol. The highest BCUT2D eigenvalue weighted by Crippen LogP contribution is 2.30. The third-order valence-electron chi connectivity index (χ3n) is 2.89. The van der Waals surface area contributed by atoms with Crippen molar-refractivity contribution in [1.29, 1.82) is 0 Å². The lowest BCUT2D eigenvalue weighted by Crippen LogP contribution is -2.49. The highest BCUT2D eigenvalue weighted by atomic mass is 32.2. The summed E-state index contributed by atoms with van der Waals surface area (Å²) in [5.74, 6) is -1.05. The number of hydrogen-bond acceptors (Lipinski definition) is 4. The van der Waals surface area contributed by atoms with Gasteiger partial charge in [-0.3, -0.25) is 4.79 Å². The van der Waals surface area contributed by atoms with Crippen LogP contribution >= 0.6 is 11.8 Å². The van der Waals surface area contributed by atoms with E-state index in [1.807, 2.05) is 0 Å². The van der Waals surface area contributed by atoms with E-state index in [1.165, 1.54) is 0 Å². The molecule has 0 aromatic carbocycles. The first kappa shape index (κ1) is 17.9. The van der Waals surface area contributed by atoms with Crippen LogP contribution in [0.15, 0.2) is 5.16 Å². The molecule has 0 saturated heterocycles. The second-order valence-corrected chi connectivity index (χ2v) is 4.98. The molecule has 0 aliphatic rings. The van der Waals surface area contributed by atoms with E-state index in [9.17, 15) is 18.0 Å². The van der Waals surface area contributed by atoms with Crippen molar-refractivity contribution >= 4 is 23.5 Å². The number of hydrogen-bond donors (Lipinski definition) is 3. The first-order chi connectivity index (χ1) is 8.73. The van der Waals surface area contributed by atoms with E-state index >= 15 is 0 Å². The van der Waals surface area contributed by atoms with Gasteiger partial charge in [0.2, 0.25) is 5.91 Å². The third kappa shape index (κ3) is 5.17. The summed E-state index contributed by atoms with van der Waals surface area (Å²) in [5.41, 5.74) is 0.00216. The number of alkyl halides is 3. The van der Waals surface area contributed by atoms with Gasteiger partial charge in [-0.05, 0) is 24.6 Å². The van der Waals surface area contributed by atoms with E-state index in [2.05, 4.69) is 10.5 Å². The maximum Gasteiger partial charge on any atom is 0.441 e. The van der Waals surface area contributed by atoms with Gasteiger partial charge >= 0.3 is 5.51 Å². The molecular formula is C10H18F3N3O2S. The zero-order valence-corrected chi connectivity index (χ0v) is 11.6. The van der Waals surface area contributed by atoms with Gasteiger partial charge in [0.15, 0.2) is 5.84 Å². The van der Waals surface area contributed by atoms with Crippen LogP contribution in [0.25, 0.3) is 0 Å². The Morgan fingerprint density at radius 3 is 2.26 bits per heavy atom. The smallest absolute Gasteiger partial charge is 0.409 e. The maximum atomic E-state index is 12.0. The van der Waals surface area contributed by atoms with Crippen LogP contribution < -0.4 is 11.1 Å². The highest BCUT2D eigenvalue weighted by molar-refractivity contribution is 8.00. The zero-order valence-electron chi connectivity index (χ0n) is 10.8. The van der Waals surface area contributed by atoms with Crippen molar-refractivity contribution in [2.45, 2.75) is 32.2 Å². The summed E-state index contributed by atoms with van der Waals surface area (Å²) in [6, 6.07) is 0. The van der Waals surface area contributed by atoms with Gasteiger partial charge in [0, 0.05) is 12.3 Å². The molecule has 0 spiro atoms. The Kier molecular flexibility index (Phi) is 7.02. The van der Waals surface area contributed by atoms with Crippen LogP contribution in [-0.4, -0.2) is 34.8 Å². The number of oxime groups is 1. The minimum Gasteiger partial charge on any atom is -0.409 e. The summed E-state index contributed by atoms with van der Waals surface area (Å²) in [5, 5.41) is 13.9. The topological polar surface area (TPSA) is 87.7 Å². The van der Waals surface area contributed by atoms with Gasteiger partial charge in [0.25, 0.3) is 0 Å². The Hall–Kier alpha value is -1.12. The van der Waals surface area contributed by atoms with Gasteiger partial charge in [0.1, 0.15) is 5.41 Å². The second-order valence-electron chi connectivity index (χ2n) is 3.82. The van der Waals surface area contributed by atoms with E-state index in [-0.39, 0.29) is 42.7 Å². The molecule has 0 saturated carbocycles. The number of thioether (sulfide) groups is 1. The third-order valence-corrected chi connectivity index (χ3v) is 3.63. The first-order valence-corrected chi connectivity index (χ1v) is 6.69. The Morgan fingerprint density at radius 2 is 1.89 bits per heavy atom. The van der Waals surface area contributed by atoms with Crippen LogP contribution in [0.5, 0.6) is 0 Å². The molecular weight excluding hydrogens is 283 g/mol. The number of carbonyl (C=O) groups excluding carboxylic acids is 1. The summed E-state index contributed by atoms with van der Waals surface area (Å²) in [7, 11) is 0. The number of halogens is 3. The molecule has 4 N–H and O–H groups in total. The Morgan fingerprint density at radius 1 is 1.37 bits per heavy atom. The van der Waals surface area contributed by atoms with E-state index in [0.717, 1.165) is 0 Å². The van der Waals surface area contributed by atoms with Gasteiger partial charge in [-0.2, -0.15) is 13.2 Å². The van der Waals surface area contributed by atoms with Gasteiger partial charge in [-0.1, -0.05) is 19.0 Å². The molecule has 0 aromatic rings. The van der Waals surface area contributed by atoms with Gasteiger partial charge < -0.3 is 16.3 Å². The number of nitrogens with zero attached hydrogens (tertiary/aromatic N) is 1. The lowest BCUT2D eigenvalue weighted by molar-refractivity contribution is -0.127. The minimum atomic E-state index is -4.32. The molecule has 0 atom stereocenters. The molecule has 0 aromatic heterocycles. The molecule has 0 rings (SSSR count). The molecule has 19 heavy (non-hydrogen) atoms. The molecule has 0 aliphatic heterocycles. The normalized spacial score (nSPS) is 13.4. The minimum absolute atomic E-state index is 0.135. The molecule has 0 heterocycles. The first-order valence-electron chi connectivity index (χ1n) is 5.70. The molecule has 9 heteroatoms. The van der Waals surface area contributed by atoms with Crippen LogP contribution in [0, 0.1) is 5.41 Å². The molecule has 112 valence electrons. The number of carbonyl (C=O) groups is 1. The maximum absolute atomic E-state index is 12.0. The number of nitrogens with two attached hydrogens (primary N) is 1. The van der Waals surface area contributed by atoms with E-state index in [4.69, 9.17) is 10.9 Å². The largest absolute Gasteiger partial charge is 0.441 e. The van der Waals surface area contributed by atoms with Crippen molar-refractivity contribution in [3.05, 3.63) is 0 Å². The average Bonchev–Trinajstić information content (AvgIpc) is 2.35. The molecule has 1 amide bonds. The Balaban J connectivity index is 4.52. The van der Waals surface area contributed by atoms with Crippen molar-refractivity contribution in [2.75, 3.05) is 12.3 Å². The molecule has 0 fully saturated rings. The monoisotopic (exact) mass is 301 g/mol. The standard InChI is InChI=1S/C10H18F3N3O2S/c1-3-9(4-2,7(14)16-18)8(17)15-5-6-19-10(11,12)13/h18H,3-6H2,1-2H3,(H2,14,16)(H,15,17). The van der Waals surface area contributed by atoms with Crippen LogP contribution in [0.4, 0.5) is 13.2 Å². The van der Waals surface area contributed by atoms with Crippen molar-refractivity contribution < 1.29 is 23.2 Å². The quantitative estimate of drug-likeness (QED) is 0.220. The summed E-state index contributed by atoms with van der Waals surface area (Å²) in [4.78, 5) is 12.0. The number of nitrogens with one attached hydrogen (secondary N) is 1. The van der Waals surface area contributed by atoms with Gasteiger partial charge in [-0.25, -0.2) is 0 Å². The highest BCUT2D eigenvalue weighted by Gasteiger charge is 2.39. The van der Waals surface area contributed by atoms with Crippen molar-refractivity contribution in [3.8, 4) is 0 Å². The fraction of sp³-hybridized carbons (Fsp3) is 0.800. The predicted octanol–water partition coefficient (Wildman–Crippen LogP) is 1.91. The lowest BCUT2D eigenvalue weighted by Gasteiger charge is -2.28. The molecule has 0 aliphatic carbocycles. The fourth-order valence-corrected chi connectivity index (χ4v) is 2.08. The van der Waals surface area contributed by atoms with Gasteiger partial charge in [0.05, 0.1) is 0 Å². The average molecular weight is 301 g/mol. The zero-order chi connectivity index (χ0) is 15.1. The summed E-state index contributed by atoms with van der Waals surface area (Å²) >= 11 is -0.210. The SMILES string of the molecule is CCC(CC)(C(=O)NCCSC(F)(F)F)C(N)=NO. The summed E-state index contributed by atoms with van der Waals surface area (Å²) in [6.45, 7) is 3.24. The van der Waals surface area contributed by atoms with E-state index < -0.39 is 16.8 Å². The summed E-state index contributed by atoms with van der Waals surface area (Å²) in [6.07, 6.45) is 0.579. The Bertz CT molecular complexity index is 330. The number of amidine groups is 1. The second kappa shape index (κ2) is 7.46. The molecule has 0 unspecified atom stereocenters. The van der Waals surface area contributed by atoms with Crippen LogP contribution in [0.2, 0.25) is 0 Å². The van der Waals surface area contributed by atoms with Crippen LogP contribution in [0.3, 0.4) is 0 Å². The molecule has 0 bridgehead atoms. The van der Waals surface area contributed by atoms with Gasteiger partial charge in [-0.15, -0.1) is 0 Å². The van der Waals surface area contributed by atoms with E-state index in [0.29, 0.717) is 0 Å². The van der Waals surface area contributed by atoms with Crippen molar-refractivity contribution in [3.63, 3.8) is 0 Å². The number of amides is 1. The Labute approximate surface area is 113 Å². The van der Waals surface area contributed by atoms with Crippen LogP contribution in [-0.2, 0) is 4.79 Å². The molecule has 5 nitrogen and oxygen atoms in total. The fourth-order valence-electron chi connectivity index (χ4n) is 1.65. The number of rotatable bonds is 7. The van der Waals surface area contributed by atoms with E-state index in [1.54, 1.807) is 13.8 Å². The summed E-state index contributed by atoms with van der Waals surface area (Å²) < 4.78 is 35.7.